The van der Waals surface area contributed by atoms with Crippen LogP contribution in [0, 0.1) is 11.8 Å². The van der Waals surface area contributed by atoms with Gasteiger partial charge in [-0.15, -0.1) is 0 Å². The second-order valence-corrected chi connectivity index (χ2v) is 6.21. The SMILES string of the molecule is O=C(O)C1C2CCCC2CN1C(=O)c1ccc2nccn2c1. The molecule has 4 rings (SSSR count). The number of hydrogen-bond acceptors (Lipinski definition) is 3. The zero-order valence-electron chi connectivity index (χ0n) is 12.1. The van der Waals surface area contributed by atoms with Gasteiger partial charge in [-0.25, -0.2) is 9.78 Å². The van der Waals surface area contributed by atoms with Gasteiger partial charge in [-0.2, -0.15) is 0 Å². The lowest BCUT2D eigenvalue weighted by molar-refractivity contribution is -0.142. The standard InChI is InChI=1S/C16H17N3O3/c20-15(11-4-5-13-17-6-7-18(13)8-11)19-9-10-2-1-3-12(10)14(19)16(21)22/h4-8,10,12,14H,1-3,9H2,(H,21,22). The lowest BCUT2D eigenvalue weighted by atomic mass is 9.94. The number of carboxylic acids is 1. The van der Waals surface area contributed by atoms with E-state index in [1.807, 2.05) is 0 Å². The van der Waals surface area contributed by atoms with Crippen molar-refractivity contribution in [2.75, 3.05) is 6.54 Å². The van der Waals surface area contributed by atoms with Crippen molar-refractivity contribution in [3.8, 4) is 0 Å². The number of carboxylic acid groups (broad SMARTS) is 1. The normalized spacial score (nSPS) is 27.3. The number of pyridine rings is 1. The van der Waals surface area contributed by atoms with Gasteiger partial charge in [-0.1, -0.05) is 6.42 Å². The third-order valence-electron chi connectivity index (χ3n) is 5.04. The highest BCUT2D eigenvalue weighted by atomic mass is 16.4. The van der Waals surface area contributed by atoms with Crippen molar-refractivity contribution < 1.29 is 14.7 Å². The van der Waals surface area contributed by atoms with Gasteiger partial charge in [0.15, 0.2) is 0 Å². The number of aliphatic carboxylic acids is 1. The van der Waals surface area contributed by atoms with Crippen LogP contribution in [0.2, 0.25) is 0 Å². The van der Waals surface area contributed by atoms with Gasteiger partial charge >= 0.3 is 5.97 Å². The summed E-state index contributed by atoms with van der Waals surface area (Å²) in [5.41, 5.74) is 1.28. The van der Waals surface area contributed by atoms with E-state index in [0.29, 0.717) is 18.0 Å². The van der Waals surface area contributed by atoms with E-state index in [0.717, 1.165) is 24.9 Å². The predicted molar refractivity (Wildman–Crippen MR) is 78.5 cm³/mol. The van der Waals surface area contributed by atoms with E-state index in [4.69, 9.17) is 0 Å². The first-order chi connectivity index (χ1) is 10.6. The van der Waals surface area contributed by atoms with Gasteiger partial charge in [0.05, 0.1) is 5.56 Å². The quantitative estimate of drug-likeness (QED) is 0.915. The summed E-state index contributed by atoms with van der Waals surface area (Å²) in [7, 11) is 0. The number of amides is 1. The van der Waals surface area contributed by atoms with Gasteiger partial charge in [0.2, 0.25) is 0 Å². The highest BCUT2D eigenvalue weighted by molar-refractivity contribution is 5.97. The Balaban J connectivity index is 1.67. The topological polar surface area (TPSA) is 74.9 Å². The van der Waals surface area contributed by atoms with Crippen molar-refractivity contribution in [2.24, 2.45) is 11.8 Å². The first-order valence-corrected chi connectivity index (χ1v) is 7.61. The molecule has 6 nitrogen and oxygen atoms in total. The van der Waals surface area contributed by atoms with Gasteiger partial charge in [-0.05, 0) is 36.8 Å². The molecule has 1 aliphatic carbocycles. The smallest absolute Gasteiger partial charge is 0.326 e. The molecule has 0 aromatic carbocycles. The second kappa shape index (κ2) is 4.83. The number of aromatic nitrogens is 2. The minimum atomic E-state index is -0.883. The average molecular weight is 299 g/mol. The summed E-state index contributed by atoms with van der Waals surface area (Å²) in [5.74, 6) is -0.635. The number of imidazole rings is 1. The van der Waals surface area contributed by atoms with E-state index in [9.17, 15) is 14.7 Å². The van der Waals surface area contributed by atoms with Gasteiger partial charge in [0.1, 0.15) is 11.7 Å². The monoisotopic (exact) mass is 299 g/mol. The van der Waals surface area contributed by atoms with Gasteiger partial charge in [-0.3, -0.25) is 4.79 Å². The molecule has 2 fully saturated rings. The van der Waals surface area contributed by atoms with E-state index >= 15 is 0 Å². The van der Waals surface area contributed by atoms with Crippen LogP contribution in [0.25, 0.3) is 5.65 Å². The zero-order valence-corrected chi connectivity index (χ0v) is 12.1. The van der Waals surface area contributed by atoms with Crippen LogP contribution in [-0.4, -0.2) is 43.9 Å². The van der Waals surface area contributed by atoms with Gasteiger partial charge in [0, 0.05) is 25.1 Å². The summed E-state index contributed by atoms with van der Waals surface area (Å²) in [5, 5.41) is 9.56. The van der Waals surface area contributed by atoms with Crippen LogP contribution in [0.5, 0.6) is 0 Å². The summed E-state index contributed by atoms with van der Waals surface area (Å²) >= 11 is 0. The predicted octanol–water partition coefficient (Wildman–Crippen LogP) is 1.66. The zero-order chi connectivity index (χ0) is 15.3. The molecule has 114 valence electrons. The molecule has 22 heavy (non-hydrogen) atoms. The summed E-state index contributed by atoms with van der Waals surface area (Å²) in [4.78, 5) is 30.1. The number of likely N-dealkylation sites (tertiary alicyclic amines) is 1. The van der Waals surface area contributed by atoms with Crippen LogP contribution in [-0.2, 0) is 4.79 Å². The van der Waals surface area contributed by atoms with Crippen LogP contribution in [0.3, 0.4) is 0 Å². The van der Waals surface area contributed by atoms with Crippen molar-refractivity contribution in [2.45, 2.75) is 25.3 Å². The van der Waals surface area contributed by atoms with Crippen molar-refractivity contribution in [3.63, 3.8) is 0 Å². The Labute approximate surface area is 127 Å². The molecular weight excluding hydrogens is 282 g/mol. The van der Waals surface area contributed by atoms with Crippen LogP contribution in [0.15, 0.2) is 30.7 Å². The minimum Gasteiger partial charge on any atom is -0.480 e. The lowest BCUT2D eigenvalue weighted by Crippen LogP contribution is -2.43. The molecule has 1 amide bonds. The molecule has 1 N–H and O–H groups in total. The van der Waals surface area contributed by atoms with E-state index < -0.39 is 12.0 Å². The Hall–Kier alpha value is -2.37. The number of carbonyl (C=O) groups is 2. The number of nitrogens with zero attached hydrogens (tertiary/aromatic N) is 3. The maximum Gasteiger partial charge on any atom is 0.326 e. The number of carbonyl (C=O) groups excluding carboxylic acids is 1. The molecule has 0 radical (unpaired) electrons. The van der Waals surface area contributed by atoms with E-state index in [1.165, 1.54) is 0 Å². The maximum atomic E-state index is 12.8. The second-order valence-electron chi connectivity index (χ2n) is 6.21. The summed E-state index contributed by atoms with van der Waals surface area (Å²) in [6, 6.07) is 2.82. The lowest BCUT2D eigenvalue weighted by Gasteiger charge is -2.24. The summed E-state index contributed by atoms with van der Waals surface area (Å²) < 4.78 is 1.78. The molecule has 2 aromatic rings. The molecule has 3 atom stereocenters. The molecule has 6 heteroatoms. The first kappa shape index (κ1) is 13.3. The molecule has 2 aliphatic rings. The number of fused-ring (bicyclic) bond motifs is 2. The maximum absolute atomic E-state index is 12.8. The van der Waals surface area contributed by atoms with Crippen LogP contribution in [0.4, 0.5) is 0 Å². The molecule has 1 saturated heterocycles. The highest BCUT2D eigenvalue weighted by Gasteiger charge is 2.49. The third kappa shape index (κ3) is 1.90. The molecule has 2 aromatic heterocycles. The number of rotatable bonds is 2. The fraction of sp³-hybridized carbons (Fsp3) is 0.438. The fourth-order valence-electron chi connectivity index (χ4n) is 4.04. The van der Waals surface area contributed by atoms with E-state index in [-0.39, 0.29) is 11.8 Å². The molecule has 1 saturated carbocycles. The van der Waals surface area contributed by atoms with Crippen LogP contribution >= 0.6 is 0 Å². The van der Waals surface area contributed by atoms with Gasteiger partial charge < -0.3 is 14.4 Å². The average Bonchev–Trinajstić information content (AvgIpc) is 3.19. The van der Waals surface area contributed by atoms with Crippen LogP contribution < -0.4 is 0 Å². The van der Waals surface area contributed by atoms with Crippen molar-refractivity contribution >= 4 is 17.5 Å². The Morgan fingerprint density at radius 3 is 2.95 bits per heavy atom. The Kier molecular flexibility index (Phi) is 2.92. The summed E-state index contributed by atoms with van der Waals surface area (Å²) in [6.45, 7) is 0.558. The Morgan fingerprint density at radius 2 is 2.14 bits per heavy atom. The minimum absolute atomic E-state index is 0.110. The van der Waals surface area contributed by atoms with Crippen molar-refractivity contribution in [1.29, 1.82) is 0 Å². The third-order valence-corrected chi connectivity index (χ3v) is 5.04. The largest absolute Gasteiger partial charge is 0.480 e. The van der Waals surface area contributed by atoms with E-state index in [2.05, 4.69) is 4.98 Å². The van der Waals surface area contributed by atoms with Gasteiger partial charge in [0.25, 0.3) is 5.91 Å². The first-order valence-electron chi connectivity index (χ1n) is 7.61. The van der Waals surface area contributed by atoms with Crippen molar-refractivity contribution in [3.05, 3.63) is 36.3 Å². The molecule has 0 spiro atoms. The number of hydrogen-bond donors (Lipinski definition) is 1. The molecule has 0 bridgehead atoms. The van der Waals surface area contributed by atoms with Crippen molar-refractivity contribution in [1.82, 2.24) is 14.3 Å². The molecular formula is C16H17N3O3. The molecule has 3 heterocycles. The summed E-state index contributed by atoms with van der Waals surface area (Å²) in [6.07, 6.45) is 8.17. The highest BCUT2D eigenvalue weighted by Crippen LogP contribution is 2.42. The van der Waals surface area contributed by atoms with Crippen LogP contribution in [0.1, 0.15) is 29.6 Å². The Bertz CT molecular complexity index is 754. The van der Waals surface area contributed by atoms with E-state index in [1.54, 1.807) is 40.0 Å². The Morgan fingerprint density at radius 1 is 1.27 bits per heavy atom. The fourth-order valence-corrected chi connectivity index (χ4v) is 4.04. The molecule has 3 unspecified atom stereocenters. The molecule has 1 aliphatic heterocycles.